The molecular formula is C16H25Cl2N5. The summed E-state index contributed by atoms with van der Waals surface area (Å²) in [7, 11) is 1.90. The smallest absolute Gasteiger partial charge is 0.159 e. The molecule has 1 unspecified atom stereocenters. The van der Waals surface area contributed by atoms with E-state index in [-0.39, 0.29) is 12.4 Å². The average Bonchev–Trinajstić information content (AvgIpc) is 3.05. The fraction of sp³-hybridized carbons (Fsp3) is 0.625. The van der Waals surface area contributed by atoms with Crippen molar-refractivity contribution in [2.24, 2.45) is 7.05 Å². The first-order valence-electron chi connectivity index (χ1n) is 8.03. The zero-order chi connectivity index (χ0) is 15.7. The molecule has 3 heterocycles. The number of nitrogens with one attached hydrogen (secondary N) is 1. The maximum atomic E-state index is 6.33. The van der Waals surface area contributed by atoms with Gasteiger partial charge in [-0.3, -0.25) is 9.58 Å². The number of hydrogen-bond acceptors (Lipinski definition) is 4. The van der Waals surface area contributed by atoms with E-state index in [0.717, 1.165) is 41.9 Å². The molecule has 1 fully saturated rings. The number of aromatic nitrogens is 3. The van der Waals surface area contributed by atoms with Crippen molar-refractivity contribution in [2.75, 3.05) is 19.6 Å². The topological polar surface area (TPSA) is 46.0 Å². The van der Waals surface area contributed by atoms with E-state index >= 15 is 0 Å². The van der Waals surface area contributed by atoms with Gasteiger partial charge in [0.05, 0.1) is 5.69 Å². The molecule has 7 heteroatoms. The van der Waals surface area contributed by atoms with Crippen LogP contribution in [0.1, 0.15) is 31.0 Å². The molecule has 0 amide bonds. The fourth-order valence-electron chi connectivity index (χ4n) is 3.40. The van der Waals surface area contributed by atoms with Crippen molar-refractivity contribution in [3.05, 3.63) is 22.5 Å². The van der Waals surface area contributed by atoms with Gasteiger partial charge in [0, 0.05) is 37.1 Å². The summed E-state index contributed by atoms with van der Waals surface area (Å²) >= 11 is 6.33. The molecule has 0 bridgehead atoms. The number of aryl methyl sites for hydroxylation is 2. The Kier molecular flexibility index (Phi) is 6.26. The summed E-state index contributed by atoms with van der Waals surface area (Å²) in [6.45, 7) is 8.37. The molecule has 128 valence electrons. The van der Waals surface area contributed by atoms with Crippen LogP contribution in [-0.2, 0) is 13.6 Å². The largest absolute Gasteiger partial charge is 0.311 e. The third-order valence-electron chi connectivity index (χ3n) is 4.63. The molecular weight excluding hydrogens is 333 g/mol. The Morgan fingerprint density at radius 2 is 2.22 bits per heavy atom. The lowest BCUT2D eigenvalue weighted by molar-refractivity contribution is 0.260. The molecule has 2 aromatic heterocycles. The first-order valence-corrected chi connectivity index (χ1v) is 8.41. The highest BCUT2D eigenvalue weighted by Crippen LogP contribution is 2.23. The van der Waals surface area contributed by atoms with Gasteiger partial charge in [0.25, 0.3) is 0 Å². The van der Waals surface area contributed by atoms with E-state index in [2.05, 4.69) is 33.3 Å². The van der Waals surface area contributed by atoms with Gasteiger partial charge in [0.15, 0.2) is 5.65 Å². The molecule has 1 aliphatic heterocycles. The minimum absolute atomic E-state index is 0. The summed E-state index contributed by atoms with van der Waals surface area (Å²) in [5.74, 6) is 0. The van der Waals surface area contributed by atoms with Crippen LogP contribution in [0.4, 0.5) is 0 Å². The predicted molar refractivity (Wildman–Crippen MR) is 97.5 cm³/mol. The Bertz CT molecular complexity index is 670. The highest BCUT2D eigenvalue weighted by atomic mass is 35.5. The van der Waals surface area contributed by atoms with Crippen LogP contribution >= 0.6 is 24.0 Å². The molecule has 0 aliphatic carbocycles. The van der Waals surface area contributed by atoms with Crippen molar-refractivity contribution < 1.29 is 0 Å². The second-order valence-corrected chi connectivity index (χ2v) is 6.43. The van der Waals surface area contributed by atoms with Crippen LogP contribution in [0.5, 0.6) is 0 Å². The van der Waals surface area contributed by atoms with Crippen LogP contribution in [0.15, 0.2) is 6.07 Å². The van der Waals surface area contributed by atoms with Crippen LogP contribution in [0.3, 0.4) is 0 Å². The molecule has 23 heavy (non-hydrogen) atoms. The van der Waals surface area contributed by atoms with Crippen molar-refractivity contribution >= 4 is 35.0 Å². The quantitative estimate of drug-likeness (QED) is 0.835. The molecule has 0 saturated carbocycles. The SMILES string of the molecule is CCN1CCCC1CNCc1cc2c(C)nn(C)c2nc1Cl.Cl. The number of nitrogens with zero attached hydrogens (tertiary/aromatic N) is 4. The average molecular weight is 358 g/mol. The first-order chi connectivity index (χ1) is 10.6. The number of fused-ring (bicyclic) bond motifs is 1. The summed E-state index contributed by atoms with van der Waals surface area (Å²) in [5, 5.41) is 9.61. The third-order valence-corrected chi connectivity index (χ3v) is 4.95. The Labute approximate surface area is 148 Å². The normalized spacial score (nSPS) is 18.5. The Hall–Kier alpha value is -0.880. The second kappa shape index (κ2) is 7.79. The van der Waals surface area contributed by atoms with E-state index in [1.165, 1.54) is 19.4 Å². The van der Waals surface area contributed by atoms with E-state index in [4.69, 9.17) is 11.6 Å². The van der Waals surface area contributed by atoms with Crippen LogP contribution in [-0.4, -0.2) is 45.3 Å². The van der Waals surface area contributed by atoms with Gasteiger partial charge < -0.3 is 5.32 Å². The van der Waals surface area contributed by atoms with Crippen LogP contribution < -0.4 is 5.32 Å². The number of likely N-dealkylation sites (tertiary alicyclic amines) is 1. The number of likely N-dealkylation sites (N-methyl/N-ethyl adjacent to an activating group) is 1. The molecule has 1 saturated heterocycles. The van der Waals surface area contributed by atoms with Gasteiger partial charge in [-0.05, 0) is 38.9 Å². The van der Waals surface area contributed by atoms with E-state index in [1.807, 2.05) is 14.0 Å². The van der Waals surface area contributed by atoms with Crippen LogP contribution in [0, 0.1) is 6.92 Å². The maximum Gasteiger partial charge on any atom is 0.159 e. The van der Waals surface area contributed by atoms with E-state index in [0.29, 0.717) is 11.2 Å². The zero-order valence-corrected chi connectivity index (χ0v) is 15.5. The van der Waals surface area contributed by atoms with Crippen LogP contribution in [0.2, 0.25) is 5.15 Å². The third kappa shape index (κ3) is 3.79. The molecule has 0 radical (unpaired) electrons. The lowest BCUT2D eigenvalue weighted by Gasteiger charge is -2.23. The van der Waals surface area contributed by atoms with E-state index in [1.54, 1.807) is 4.68 Å². The molecule has 5 nitrogen and oxygen atoms in total. The Balaban J connectivity index is 0.00000192. The summed E-state index contributed by atoms with van der Waals surface area (Å²) in [4.78, 5) is 7.04. The molecule has 1 N–H and O–H groups in total. The number of rotatable bonds is 5. The monoisotopic (exact) mass is 357 g/mol. The molecule has 0 spiro atoms. The van der Waals surface area contributed by atoms with Gasteiger partial charge in [-0.2, -0.15) is 5.10 Å². The van der Waals surface area contributed by atoms with Gasteiger partial charge in [0.2, 0.25) is 0 Å². The first kappa shape index (κ1) is 18.5. The number of hydrogen-bond donors (Lipinski definition) is 1. The van der Waals surface area contributed by atoms with Gasteiger partial charge in [-0.1, -0.05) is 18.5 Å². The Morgan fingerprint density at radius 3 is 2.96 bits per heavy atom. The predicted octanol–water partition coefficient (Wildman–Crippen LogP) is 2.93. The second-order valence-electron chi connectivity index (χ2n) is 6.07. The molecule has 1 atom stereocenters. The van der Waals surface area contributed by atoms with Crippen molar-refractivity contribution in [3.63, 3.8) is 0 Å². The van der Waals surface area contributed by atoms with E-state index in [9.17, 15) is 0 Å². The maximum absolute atomic E-state index is 6.33. The van der Waals surface area contributed by atoms with Crippen molar-refractivity contribution in [3.8, 4) is 0 Å². The zero-order valence-electron chi connectivity index (χ0n) is 14.0. The van der Waals surface area contributed by atoms with Gasteiger partial charge in [-0.25, -0.2) is 4.98 Å². The minimum Gasteiger partial charge on any atom is -0.311 e. The highest BCUT2D eigenvalue weighted by molar-refractivity contribution is 6.30. The van der Waals surface area contributed by atoms with Crippen molar-refractivity contribution in [1.29, 1.82) is 0 Å². The van der Waals surface area contributed by atoms with Gasteiger partial charge >= 0.3 is 0 Å². The number of halogens is 2. The lowest BCUT2D eigenvalue weighted by atomic mass is 10.2. The van der Waals surface area contributed by atoms with E-state index < -0.39 is 0 Å². The molecule has 0 aromatic carbocycles. The summed E-state index contributed by atoms with van der Waals surface area (Å²) in [6, 6.07) is 2.77. The lowest BCUT2D eigenvalue weighted by Crippen LogP contribution is -2.37. The highest BCUT2D eigenvalue weighted by Gasteiger charge is 2.22. The number of pyridine rings is 1. The van der Waals surface area contributed by atoms with Crippen molar-refractivity contribution in [1.82, 2.24) is 25.0 Å². The van der Waals surface area contributed by atoms with Gasteiger partial charge in [0.1, 0.15) is 5.15 Å². The Morgan fingerprint density at radius 1 is 1.43 bits per heavy atom. The summed E-state index contributed by atoms with van der Waals surface area (Å²) in [5.41, 5.74) is 2.89. The van der Waals surface area contributed by atoms with Gasteiger partial charge in [-0.15, -0.1) is 12.4 Å². The van der Waals surface area contributed by atoms with Crippen molar-refractivity contribution in [2.45, 2.75) is 39.3 Å². The summed E-state index contributed by atoms with van der Waals surface area (Å²) < 4.78 is 1.78. The standard InChI is InChI=1S/C16H24ClN5.ClH/c1-4-22-7-5-6-13(22)10-18-9-12-8-14-11(2)20-21(3)16(14)19-15(12)17;/h8,13,18H,4-7,9-10H2,1-3H3;1H. The molecule has 2 aromatic rings. The summed E-state index contributed by atoms with van der Waals surface area (Å²) in [6.07, 6.45) is 2.59. The minimum atomic E-state index is 0. The molecule has 3 rings (SSSR count). The molecule has 1 aliphatic rings. The fourth-order valence-corrected chi connectivity index (χ4v) is 3.60. The van der Waals surface area contributed by atoms with Crippen LogP contribution in [0.25, 0.3) is 11.0 Å².